The highest BCUT2D eigenvalue weighted by atomic mass is 32.1. The maximum Gasteiger partial charge on any atom is 0.350 e. The van der Waals surface area contributed by atoms with Crippen molar-refractivity contribution in [2.45, 2.75) is 19.9 Å². The molecule has 4 rings (SSSR count). The van der Waals surface area contributed by atoms with Crippen LogP contribution in [0.25, 0.3) is 21.3 Å². The summed E-state index contributed by atoms with van der Waals surface area (Å²) in [6.45, 7) is 3.35. The van der Waals surface area contributed by atoms with Crippen LogP contribution in [0, 0.1) is 6.92 Å². The number of benzene rings is 2. The first-order chi connectivity index (χ1) is 14.5. The van der Waals surface area contributed by atoms with Crippen molar-refractivity contribution in [3.63, 3.8) is 0 Å². The normalized spacial score (nSPS) is 11.9. The van der Waals surface area contributed by atoms with E-state index in [1.54, 1.807) is 18.3 Å². The minimum atomic E-state index is -0.528. The van der Waals surface area contributed by atoms with Gasteiger partial charge in [0.25, 0.3) is 5.91 Å². The van der Waals surface area contributed by atoms with Gasteiger partial charge in [-0.2, -0.15) is 11.3 Å². The summed E-state index contributed by atoms with van der Waals surface area (Å²) < 4.78 is 5.25. The number of ether oxygens (including phenoxy) is 1. The third-order valence-electron chi connectivity index (χ3n) is 4.75. The van der Waals surface area contributed by atoms with Crippen molar-refractivity contribution >= 4 is 45.3 Å². The van der Waals surface area contributed by atoms with Gasteiger partial charge in [0.05, 0.1) is 11.7 Å². The molecule has 0 bridgehead atoms. The molecule has 0 saturated carbocycles. The van der Waals surface area contributed by atoms with Crippen LogP contribution in [0.3, 0.4) is 0 Å². The number of fused-ring (bicyclic) bond motifs is 1. The molecule has 152 valence electrons. The van der Waals surface area contributed by atoms with E-state index < -0.39 is 5.97 Å². The van der Waals surface area contributed by atoms with Crippen LogP contribution in [0.4, 0.5) is 0 Å². The lowest BCUT2D eigenvalue weighted by Gasteiger charge is -2.16. The molecule has 0 radical (unpaired) electrons. The third kappa shape index (κ3) is 4.27. The summed E-state index contributed by atoms with van der Waals surface area (Å²) >= 11 is 2.85. The maximum absolute atomic E-state index is 12.5. The first kappa shape index (κ1) is 20.3. The average molecular weight is 437 g/mol. The zero-order valence-corrected chi connectivity index (χ0v) is 18.2. The van der Waals surface area contributed by atoms with Gasteiger partial charge < -0.3 is 10.1 Å². The fraction of sp³-hybridized carbons (Fsp3) is 0.174. The summed E-state index contributed by atoms with van der Waals surface area (Å²) in [6, 6.07) is 15.8. The van der Waals surface area contributed by atoms with Gasteiger partial charge in [0.2, 0.25) is 0 Å². The summed E-state index contributed by atoms with van der Waals surface area (Å²) in [5.74, 6) is -0.872. The van der Waals surface area contributed by atoms with E-state index in [4.69, 9.17) is 4.74 Å². The Morgan fingerprint density at radius 2 is 1.93 bits per heavy atom. The molecule has 0 spiro atoms. The number of esters is 1. The molecule has 4 aromatic rings. The lowest BCUT2D eigenvalue weighted by atomic mass is 10.00. The second-order valence-electron chi connectivity index (χ2n) is 6.88. The predicted molar refractivity (Wildman–Crippen MR) is 121 cm³/mol. The summed E-state index contributed by atoms with van der Waals surface area (Å²) in [5, 5.41) is 9.83. The summed E-state index contributed by atoms with van der Waals surface area (Å²) in [7, 11) is 0. The fourth-order valence-electron chi connectivity index (χ4n) is 3.28. The van der Waals surface area contributed by atoms with Gasteiger partial charge in [0.15, 0.2) is 6.61 Å². The number of nitrogens with one attached hydrogen (secondary N) is 1. The highest BCUT2D eigenvalue weighted by molar-refractivity contribution is 7.17. The summed E-state index contributed by atoms with van der Waals surface area (Å²) in [6.07, 6.45) is 0. The van der Waals surface area contributed by atoms with E-state index in [0.717, 1.165) is 26.9 Å². The van der Waals surface area contributed by atoms with Gasteiger partial charge in [-0.1, -0.05) is 42.5 Å². The van der Waals surface area contributed by atoms with Gasteiger partial charge in [-0.3, -0.25) is 4.79 Å². The second-order valence-corrected chi connectivity index (χ2v) is 8.66. The second kappa shape index (κ2) is 8.77. The monoisotopic (exact) mass is 436 g/mol. The number of carbonyl (C=O) groups is 2. The van der Waals surface area contributed by atoms with Crippen LogP contribution >= 0.6 is 22.7 Å². The van der Waals surface area contributed by atoms with Gasteiger partial charge in [-0.05, 0) is 41.6 Å². The van der Waals surface area contributed by atoms with E-state index in [-0.39, 0.29) is 18.6 Å². The number of thiophene rings is 1. The summed E-state index contributed by atoms with van der Waals surface area (Å²) in [5.41, 5.74) is 2.61. The molecular formula is C23H20N2O3S2. The first-order valence-corrected chi connectivity index (χ1v) is 11.2. The quantitative estimate of drug-likeness (QED) is 0.413. The van der Waals surface area contributed by atoms with Gasteiger partial charge >= 0.3 is 5.97 Å². The van der Waals surface area contributed by atoms with Gasteiger partial charge in [-0.25, -0.2) is 9.78 Å². The molecule has 1 atom stereocenters. The number of hydrogen-bond acceptors (Lipinski definition) is 6. The predicted octanol–water partition coefficient (Wildman–Crippen LogP) is 5.37. The van der Waals surface area contributed by atoms with Crippen molar-refractivity contribution < 1.29 is 14.3 Å². The Bertz CT molecular complexity index is 1190. The van der Waals surface area contributed by atoms with Crippen LogP contribution < -0.4 is 5.32 Å². The van der Waals surface area contributed by atoms with Crippen LogP contribution in [-0.4, -0.2) is 23.5 Å². The first-order valence-electron chi connectivity index (χ1n) is 9.47. The number of aryl methyl sites for hydroxylation is 1. The van der Waals surface area contributed by atoms with Gasteiger partial charge in [0.1, 0.15) is 9.88 Å². The van der Waals surface area contributed by atoms with E-state index in [2.05, 4.69) is 10.3 Å². The fourth-order valence-corrected chi connectivity index (χ4v) is 4.95. The number of hydrogen-bond donors (Lipinski definition) is 1. The molecule has 0 aliphatic rings. The molecule has 2 aromatic carbocycles. The van der Waals surface area contributed by atoms with Crippen molar-refractivity contribution in [1.29, 1.82) is 0 Å². The van der Waals surface area contributed by atoms with E-state index >= 15 is 0 Å². The molecule has 2 heterocycles. The molecule has 0 saturated heterocycles. The molecule has 0 aliphatic heterocycles. The van der Waals surface area contributed by atoms with E-state index in [1.807, 2.05) is 66.2 Å². The molecule has 5 nitrogen and oxygen atoms in total. The lowest BCUT2D eigenvalue weighted by molar-refractivity contribution is -0.124. The highest BCUT2D eigenvalue weighted by Crippen LogP contribution is 2.30. The Balaban J connectivity index is 1.38. The smallest absolute Gasteiger partial charge is 0.350 e. The molecule has 30 heavy (non-hydrogen) atoms. The highest BCUT2D eigenvalue weighted by Gasteiger charge is 2.20. The average Bonchev–Trinajstić information content (AvgIpc) is 3.41. The van der Waals surface area contributed by atoms with E-state index in [9.17, 15) is 9.59 Å². The van der Waals surface area contributed by atoms with Crippen molar-refractivity contribution in [3.8, 4) is 10.6 Å². The molecule has 2 aromatic heterocycles. The molecule has 1 unspecified atom stereocenters. The van der Waals surface area contributed by atoms with Crippen molar-refractivity contribution in [2.24, 2.45) is 0 Å². The van der Waals surface area contributed by atoms with Crippen molar-refractivity contribution in [2.75, 3.05) is 6.61 Å². The maximum atomic E-state index is 12.5. The topological polar surface area (TPSA) is 68.3 Å². The van der Waals surface area contributed by atoms with Crippen molar-refractivity contribution in [1.82, 2.24) is 10.3 Å². The molecular weight excluding hydrogens is 416 g/mol. The van der Waals surface area contributed by atoms with Crippen molar-refractivity contribution in [3.05, 3.63) is 75.4 Å². The SMILES string of the molecule is Cc1nc(-c2ccsc2)sc1C(=O)OCC(=O)NC(C)c1cccc2ccccc12. The minimum Gasteiger partial charge on any atom is -0.451 e. The van der Waals surface area contributed by atoms with Crippen LogP contribution in [-0.2, 0) is 9.53 Å². The van der Waals surface area contributed by atoms with Crippen LogP contribution in [0.5, 0.6) is 0 Å². The number of nitrogens with zero attached hydrogens (tertiary/aromatic N) is 1. The number of rotatable bonds is 6. The largest absolute Gasteiger partial charge is 0.451 e. The zero-order chi connectivity index (χ0) is 21.1. The Labute approximate surface area is 182 Å². The van der Waals surface area contributed by atoms with Crippen LogP contribution in [0.15, 0.2) is 59.3 Å². The Morgan fingerprint density at radius 1 is 1.13 bits per heavy atom. The lowest BCUT2D eigenvalue weighted by Crippen LogP contribution is -2.31. The molecule has 0 aliphatic carbocycles. The molecule has 1 N–H and O–H groups in total. The third-order valence-corrected chi connectivity index (χ3v) is 6.62. The number of aromatic nitrogens is 1. The molecule has 7 heteroatoms. The van der Waals surface area contributed by atoms with E-state index in [0.29, 0.717) is 10.6 Å². The van der Waals surface area contributed by atoms with Crippen LogP contribution in [0.1, 0.15) is 33.9 Å². The Kier molecular flexibility index (Phi) is 5.92. The van der Waals surface area contributed by atoms with Gasteiger partial charge in [-0.15, -0.1) is 11.3 Å². The molecule has 0 fully saturated rings. The van der Waals surface area contributed by atoms with Crippen LogP contribution in [0.2, 0.25) is 0 Å². The Morgan fingerprint density at radius 3 is 2.73 bits per heavy atom. The van der Waals surface area contributed by atoms with Gasteiger partial charge in [0, 0.05) is 10.9 Å². The zero-order valence-electron chi connectivity index (χ0n) is 16.5. The Hall–Kier alpha value is -3.03. The summed E-state index contributed by atoms with van der Waals surface area (Å²) in [4.78, 5) is 29.7. The number of carbonyl (C=O) groups excluding carboxylic acids is 2. The number of amides is 1. The standard InChI is InChI=1S/C23H20N2O3S2/c1-14(18-9-5-7-16-6-3-4-8-19(16)18)24-20(26)12-28-23(27)21-15(2)25-22(30-21)17-10-11-29-13-17/h3-11,13-14H,12H2,1-2H3,(H,24,26). The van der Waals surface area contributed by atoms with E-state index in [1.165, 1.54) is 11.3 Å². The molecule has 1 amide bonds. The number of thiazole rings is 1. The minimum absolute atomic E-state index is 0.211.